The zero-order chi connectivity index (χ0) is 15.5. The van der Waals surface area contributed by atoms with E-state index < -0.39 is 0 Å². The average Bonchev–Trinajstić information content (AvgIpc) is 2.49. The van der Waals surface area contributed by atoms with Gasteiger partial charge in [-0.15, -0.1) is 0 Å². The number of benzene rings is 1. The van der Waals surface area contributed by atoms with E-state index in [0.29, 0.717) is 18.7 Å². The van der Waals surface area contributed by atoms with Gasteiger partial charge in [0.2, 0.25) is 0 Å². The molecule has 0 fully saturated rings. The van der Waals surface area contributed by atoms with Crippen molar-refractivity contribution in [3.05, 3.63) is 34.3 Å². The van der Waals surface area contributed by atoms with Crippen molar-refractivity contribution in [1.29, 1.82) is 0 Å². The Morgan fingerprint density at radius 3 is 2.62 bits per heavy atom. The van der Waals surface area contributed by atoms with E-state index in [1.54, 1.807) is 30.9 Å². The molecule has 0 aliphatic heterocycles. The van der Waals surface area contributed by atoms with Gasteiger partial charge in [0, 0.05) is 42.5 Å². The van der Waals surface area contributed by atoms with Crippen LogP contribution in [0.1, 0.15) is 10.4 Å². The van der Waals surface area contributed by atoms with Crippen LogP contribution in [0.5, 0.6) is 0 Å². The second-order valence-corrected chi connectivity index (χ2v) is 6.09. The van der Waals surface area contributed by atoms with Crippen LogP contribution in [0.15, 0.2) is 33.7 Å². The van der Waals surface area contributed by atoms with Crippen LogP contribution < -0.4 is 16.0 Å². The maximum Gasteiger partial charge on any atom is 0.251 e. The van der Waals surface area contributed by atoms with Gasteiger partial charge in [0.05, 0.1) is 0 Å². The van der Waals surface area contributed by atoms with Crippen molar-refractivity contribution in [3.8, 4) is 0 Å². The molecule has 1 aromatic carbocycles. The molecule has 5 nitrogen and oxygen atoms in total. The second-order valence-electron chi connectivity index (χ2n) is 4.18. The molecule has 0 saturated heterocycles. The van der Waals surface area contributed by atoms with E-state index in [0.717, 1.165) is 22.7 Å². The lowest BCUT2D eigenvalue weighted by molar-refractivity contribution is 0.0954. The highest BCUT2D eigenvalue weighted by atomic mass is 79.9. The fraction of sp³-hybridized carbons (Fsp3) is 0.429. The molecule has 0 atom stereocenters. The highest BCUT2D eigenvalue weighted by molar-refractivity contribution is 9.10. The summed E-state index contributed by atoms with van der Waals surface area (Å²) in [4.78, 5) is 16.0. The molecule has 3 N–H and O–H groups in total. The van der Waals surface area contributed by atoms with Crippen LogP contribution in [0.4, 0.5) is 0 Å². The van der Waals surface area contributed by atoms with Gasteiger partial charge >= 0.3 is 0 Å². The van der Waals surface area contributed by atoms with Crippen molar-refractivity contribution in [2.75, 3.05) is 38.7 Å². The topological polar surface area (TPSA) is 65.5 Å². The molecule has 116 valence electrons. The zero-order valence-corrected chi connectivity index (χ0v) is 14.7. The summed E-state index contributed by atoms with van der Waals surface area (Å²) >= 11 is 5.13. The maximum atomic E-state index is 11.9. The summed E-state index contributed by atoms with van der Waals surface area (Å²) in [5.41, 5.74) is 0.645. The van der Waals surface area contributed by atoms with Crippen LogP contribution in [0.25, 0.3) is 0 Å². The first-order valence-corrected chi connectivity index (χ1v) is 8.83. The zero-order valence-electron chi connectivity index (χ0n) is 12.3. The van der Waals surface area contributed by atoms with Crippen molar-refractivity contribution < 1.29 is 4.79 Å². The van der Waals surface area contributed by atoms with E-state index >= 15 is 0 Å². The molecule has 0 bridgehead atoms. The van der Waals surface area contributed by atoms with Crippen molar-refractivity contribution in [3.63, 3.8) is 0 Å². The molecule has 0 aromatic heterocycles. The fourth-order valence-electron chi connectivity index (χ4n) is 1.58. The molecule has 0 spiro atoms. The highest BCUT2D eigenvalue weighted by Crippen LogP contribution is 2.11. The van der Waals surface area contributed by atoms with Gasteiger partial charge in [0.25, 0.3) is 5.91 Å². The van der Waals surface area contributed by atoms with E-state index in [4.69, 9.17) is 0 Å². The van der Waals surface area contributed by atoms with Gasteiger partial charge in [-0.2, -0.15) is 11.8 Å². The molecular formula is C14H21BrN4OS. The van der Waals surface area contributed by atoms with E-state index in [1.807, 2.05) is 12.1 Å². The van der Waals surface area contributed by atoms with Crippen LogP contribution in [0.3, 0.4) is 0 Å². The normalized spacial score (nSPS) is 11.1. The Hall–Kier alpha value is -1.21. The number of nitrogens with one attached hydrogen (secondary N) is 3. The minimum Gasteiger partial charge on any atom is -0.356 e. The van der Waals surface area contributed by atoms with Gasteiger partial charge in [-0.25, -0.2) is 0 Å². The van der Waals surface area contributed by atoms with Crippen LogP contribution in [0.2, 0.25) is 0 Å². The van der Waals surface area contributed by atoms with E-state index in [2.05, 4.69) is 43.1 Å². The summed E-state index contributed by atoms with van der Waals surface area (Å²) in [7, 11) is 1.73. The van der Waals surface area contributed by atoms with Crippen LogP contribution in [-0.4, -0.2) is 50.6 Å². The summed E-state index contributed by atoms with van der Waals surface area (Å²) in [6, 6.07) is 7.32. The molecule has 0 radical (unpaired) electrons. The SMILES string of the molecule is CN=C(NCCNC(=O)c1cccc(Br)c1)NCCSC. The Morgan fingerprint density at radius 2 is 1.95 bits per heavy atom. The Morgan fingerprint density at radius 1 is 1.24 bits per heavy atom. The first-order chi connectivity index (χ1) is 10.2. The standard InChI is InChI=1S/C14H21BrN4OS/c1-16-14(19-8-9-21-2)18-7-6-17-13(20)11-4-3-5-12(15)10-11/h3-5,10H,6-9H2,1-2H3,(H,17,20)(H2,16,18,19). The first-order valence-electron chi connectivity index (χ1n) is 6.64. The molecule has 0 heterocycles. The first kappa shape index (κ1) is 17.8. The smallest absolute Gasteiger partial charge is 0.251 e. The molecule has 7 heteroatoms. The van der Waals surface area contributed by atoms with Gasteiger partial charge in [-0.05, 0) is 24.5 Å². The molecule has 1 rings (SSSR count). The van der Waals surface area contributed by atoms with Crippen LogP contribution in [0, 0.1) is 0 Å². The molecule has 0 saturated carbocycles. The third-order valence-electron chi connectivity index (χ3n) is 2.61. The number of rotatable bonds is 7. The number of amides is 1. The van der Waals surface area contributed by atoms with Gasteiger partial charge in [-0.3, -0.25) is 9.79 Å². The quantitative estimate of drug-likeness (QED) is 0.387. The number of carbonyl (C=O) groups excluding carboxylic acids is 1. The number of aliphatic imine (C=N–C) groups is 1. The van der Waals surface area contributed by atoms with E-state index in [-0.39, 0.29) is 5.91 Å². The van der Waals surface area contributed by atoms with Crippen LogP contribution >= 0.6 is 27.7 Å². The minimum atomic E-state index is -0.0802. The average molecular weight is 373 g/mol. The van der Waals surface area contributed by atoms with Crippen molar-refractivity contribution in [2.24, 2.45) is 4.99 Å². The monoisotopic (exact) mass is 372 g/mol. The van der Waals surface area contributed by atoms with Crippen molar-refractivity contribution in [1.82, 2.24) is 16.0 Å². The third-order valence-corrected chi connectivity index (χ3v) is 3.72. The van der Waals surface area contributed by atoms with Crippen LogP contribution in [-0.2, 0) is 0 Å². The number of hydrogen-bond donors (Lipinski definition) is 3. The number of guanidine groups is 1. The molecular weight excluding hydrogens is 352 g/mol. The second kappa shape index (κ2) is 10.5. The molecule has 1 aromatic rings. The molecule has 0 unspecified atom stereocenters. The predicted molar refractivity (Wildman–Crippen MR) is 94.2 cm³/mol. The van der Waals surface area contributed by atoms with Gasteiger partial charge in [-0.1, -0.05) is 22.0 Å². The maximum absolute atomic E-state index is 11.9. The number of nitrogens with zero attached hydrogens (tertiary/aromatic N) is 1. The van der Waals surface area contributed by atoms with Gasteiger partial charge < -0.3 is 16.0 Å². The number of halogens is 1. The van der Waals surface area contributed by atoms with E-state index in [1.165, 1.54) is 0 Å². The Balaban J connectivity index is 2.25. The Labute approximate surface area is 138 Å². The predicted octanol–water partition coefficient (Wildman–Crippen LogP) is 1.71. The van der Waals surface area contributed by atoms with Crippen molar-refractivity contribution >= 4 is 39.6 Å². The van der Waals surface area contributed by atoms with Crippen molar-refractivity contribution in [2.45, 2.75) is 0 Å². The fourth-order valence-corrected chi connectivity index (χ4v) is 2.29. The summed E-state index contributed by atoms with van der Waals surface area (Å²) in [6.45, 7) is 2.03. The summed E-state index contributed by atoms with van der Waals surface area (Å²) in [5.74, 6) is 1.70. The Bertz CT molecular complexity index is 482. The Kier molecular flexibility index (Phi) is 8.93. The third kappa shape index (κ3) is 7.38. The summed E-state index contributed by atoms with van der Waals surface area (Å²) in [6.07, 6.45) is 2.06. The largest absolute Gasteiger partial charge is 0.356 e. The molecule has 0 aliphatic rings. The number of hydrogen-bond acceptors (Lipinski definition) is 3. The molecule has 1 amide bonds. The lowest BCUT2D eigenvalue weighted by Gasteiger charge is -2.12. The van der Waals surface area contributed by atoms with E-state index in [9.17, 15) is 4.79 Å². The minimum absolute atomic E-state index is 0.0802. The number of carbonyl (C=O) groups is 1. The summed E-state index contributed by atoms with van der Waals surface area (Å²) < 4.78 is 0.895. The lowest BCUT2D eigenvalue weighted by Crippen LogP contribution is -2.42. The van der Waals surface area contributed by atoms with Gasteiger partial charge in [0.1, 0.15) is 0 Å². The van der Waals surface area contributed by atoms with Gasteiger partial charge in [0.15, 0.2) is 5.96 Å². The molecule has 21 heavy (non-hydrogen) atoms. The summed E-state index contributed by atoms with van der Waals surface area (Å²) in [5, 5.41) is 9.21. The molecule has 0 aliphatic carbocycles. The highest BCUT2D eigenvalue weighted by Gasteiger charge is 2.04. The lowest BCUT2D eigenvalue weighted by atomic mass is 10.2. The number of thioether (sulfide) groups is 1.